The summed E-state index contributed by atoms with van der Waals surface area (Å²) < 4.78 is 0. The zero-order valence-electron chi connectivity index (χ0n) is 15.1. The Morgan fingerprint density at radius 3 is 2.67 bits per heavy atom. The molecule has 1 aliphatic carbocycles. The van der Waals surface area contributed by atoms with Crippen LogP contribution in [0.3, 0.4) is 0 Å². The molecule has 0 amide bonds. The van der Waals surface area contributed by atoms with Crippen molar-refractivity contribution in [1.82, 2.24) is 0 Å². The van der Waals surface area contributed by atoms with Crippen molar-refractivity contribution < 1.29 is 19.8 Å². The smallest absolute Gasteiger partial charge is 0.303 e. The summed E-state index contributed by atoms with van der Waals surface area (Å²) in [6.45, 7) is 2.15. The average Bonchev–Trinajstić information content (AvgIpc) is 2.89. The minimum atomic E-state index is -0.733. The number of aliphatic hydroxyl groups is 1. The molecule has 0 aliphatic heterocycles. The highest BCUT2D eigenvalue weighted by Crippen LogP contribution is 2.34. The van der Waals surface area contributed by atoms with Crippen LogP contribution in [0.2, 0.25) is 0 Å². The first-order valence-corrected chi connectivity index (χ1v) is 9.65. The van der Waals surface area contributed by atoms with Crippen LogP contribution < -0.4 is 0 Å². The number of hydrogen-bond acceptors (Lipinski definition) is 3. The zero-order valence-corrected chi connectivity index (χ0v) is 15.1. The lowest BCUT2D eigenvalue weighted by Crippen LogP contribution is -2.14. The highest BCUT2D eigenvalue weighted by Gasteiger charge is 2.32. The van der Waals surface area contributed by atoms with E-state index in [-0.39, 0.29) is 24.4 Å². The van der Waals surface area contributed by atoms with Gasteiger partial charge in [0.2, 0.25) is 0 Å². The van der Waals surface area contributed by atoms with Gasteiger partial charge >= 0.3 is 5.97 Å². The molecule has 138 valence electrons. The number of carboxylic acid groups (broad SMARTS) is 1. The summed E-state index contributed by atoms with van der Waals surface area (Å²) in [7, 11) is 0. The fourth-order valence-electron chi connectivity index (χ4n) is 3.50. The van der Waals surface area contributed by atoms with Gasteiger partial charge in [0.05, 0.1) is 6.10 Å². The molecule has 1 fully saturated rings. The Morgan fingerprint density at radius 2 is 1.96 bits per heavy atom. The van der Waals surface area contributed by atoms with Gasteiger partial charge in [-0.3, -0.25) is 9.59 Å². The number of ketones is 1. The van der Waals surface area contributed by atoms with E-state index in [1.165, 1.54) is 0 Å². The monoisotopic (exact) mass is 338 g/mol. The van der Waals surface area contributed by atoms with E-state index in [0.29, 0.717) is 12.2 Å². The van der Waals surface area contributed by atoms with E-state index in [2.05, 4.69) is 13.0 Å². The van der Waals surface area contributed by atoms with Gasteiger partial charge in [-0.25, -0.2) is 0 Å². The highest BCUT2D eigenvalue weighted by molar-refractivity contribution is 5.83. The molecule has 0 saturated heterocycles. The van der Waals surface area contributed by atoms with Gasteiger partial charge in [0.1, 0.15) is 5.78 Å². The topological polar surface area (TPSA) is 74.6 Å². The van der Waals surface area contributed by atoms with Gasteiger partial charge in [-0.15, -0.1) is 0 Å². The molecule has 1 aliphatic rings. The van der Waals surface area contributed by atoms with Crippen molar-refractivity contribution in [2.24, 2.45) is 11.8 Å². The molecule has 2 N–H and O–H groups in total. The molecule has 0 aromatic carbocycles. The lowest BCUT2D eigenvalue weighted by atomic mass is 9.89. The summed E-state index contributed by atoms with van der Waals surface area (Å²) in [6, 6.07) is 0. The molecular weight excluding hydrogens is 304 g/mol. The first-order chi connectivity index (χ1) is 11.5. The molecule has 0 bridgehead atoms. The van der Waals surface area contributed by atoms with Gasteiger partial charge in [0.15, 0.2) is 0 Å². The predicted octanol–water partition coefficient (Wildman–Crippen LogP) is 4.50. The van der Waals surface area contributed by atoms with Crippen LogP contribution in [-0.4, -0.2) is 28.1 Å². The van der Waals surface area contributed by atoms with Crippen LogP contribution in [0.4, 0.5) is 0 Å². The summed E-state index contributed by atoms with van der Waals surface area (Å²) in [6.07, 6.45) is 14.0. The summed E-state index contributed by atoms with van der Waals surface area (Å²) in [5, 5.41) is 18.6. The second kappa shape index (κ2) is 12.2. The Labute approximate surface area is 146 Å². The molecule has 0 radical (unpaired) electrons. The maximum absolute atomic E-state index is 12.1. The van der Waals surface area contributed by atoms with E-state index in [1.54, 1.807) is 0 Å². The Balaban J connectivity index is 2.28. The Bertz CT molecular complexity index is 402. The van der Waals surface area contributed by atoms with Crippen LogP contribution in [0.15, 0.2) is 12.2 Å². The molecule has 0 spiro atoms. The predicted molar refractivity (Wildman–Crippen MR) is 95.8 cm³/mol. The molecule has 24 heavy (non-hydrogen) atoms. The second-order valence-corrected chi connectivity index (χ2v) is 7.07. The molecule has 4 heteroatoms. The van der Waals surface area contributed by atoms with Crippen LogP contribution >= 0.6 is 0 Å². The average molecular weight is 338 g/mol. The maximum Gasteiger partial charge on any atom is 0.303 e. The quantitative estimate of drug-likeness (QED) is 0.383. The van der Waals surface area contributed by atoms with Gasteiger partial charge in [-0.05, 0) is 31.6 Å². The van der Waals surface area contributed by atoms with Gasteiger partial charge in [0.25, 0.3) is 0 Å². The van der Waals surface area contributed by atoms with E-state index >= 15 is 0 Å². The third kappa shape index (κ3) is 8.62. The number of unbranched alkanes of at least 4 members (excludes halogenated alkanes) is 5. The van der Waals surface area contributed by atoms with Gasteiger partial charge in [0, 0.05) is 18.8 Å². The van der Waals surface area contributed by atoms with E-state index < -0.39 is 5.97 Å². The van der Waals surface area contributed by atoms with E-state index in [4.69, 9.17) is 5.11 Å². The first-order valence-electron chi connectivity index (χ1n) is 9.65. The Hall–Kier alpha value is -1.16. The third-order valence-electron chi connectivity index (χ3n) is 4.99. The number of aliphatic hydroxyl groups excluding tert-OH is 1. The van der Waals surface area contributed by atoms with Crippen molar-refractivity contribution in [2.75, 3.05) is 0 Å². The van der Waals surface area contributed by atoms with Crippen molar-refractivity contribution in [3.8, 4) is 0 Å². The number of rotatable bonds is 13. The number of Topliss-reactive ketones (excluding diaryl/α,β-unsaturated/α-hetero) is 1. The minimum absolute atomic E-state index is 0.101. The molecule has 0 aromatic heterocycles. The SMILES string of the molecule is CCCCCC(O)/C=C/C1CCC(=O)C1CCCCCCC(=O)O. The summed E-state index contributed by atoms with van der Waals surface area (Å²) in [5.74, 6) is 0.000218. The molecule has 0 aromatic rings. The second-order valence-electron chi connectivity index (χ2n) is 7.07. The highest BCUT2D eigenvalue weighted by atomic mass is 16.4. The van der Waals surface area contributed by atoms with E-state index in [9.17, 15) is 14.7 Å². The van der Waals surface area contributed by atoms with E-state index in [1.807, 2.05) is 6.08 Å². The van der Waals surface area contributed by atoms with Crippen LogP contribution in [0.5, 0.6) is 0 Å². The fraction of sp³-hybridized carbons (Fsp3) is 0.800. The molecule has 3 atom stereocenters. The number of hydrogen-bond donors (Lipinski definition) is 2. The van der Waals surface area contributed by atoms with Crippen LogP contribution in [0, 0.1) is 11.8 Å². The van der Waals surface area contributed by atoms with Crippen molar-refractivity contribution in [3.05, 3.63) is 12.2 Å². The fourth-order valence-corrected chi connectivity index (χ4v) is 3.50. The Kier molecular flexibility index (Phi) is 10.6. The molecule has 0 heterocycles. The maximum atomic E-state index is 12.1. The largest absolute Gasteiger partial charge is 0.481 e. The normalized spacial score (nSPS) is 22.3. The van der Waals surface area contributed by atoms with Crippen molar-refractivity contribution >= 4 is 11.8 Å². The van der Waals surface area contributed by atoms with Gasteiger partial charge in [-0.2, -0.15) is 0 Å². The standard InChI is InChI=1S/C20H34O4/c1-2-3-6-9-17(21)14-12-16-13-15-19(22)18(16)10-7-4-5-8-11-20(23)24/h12,14,16-18,21H,2-11,13,15H2,1H3,(H,23,24)/b14-12+. The first kappa shape index (κ1) is 20.9. The molecule has 3 unspecified atom stereocenters. The van der Waals surface area contributed by atoms with Crippen molar-refractivity contribution in [3.63, 3.8) is 0 Å². The lowest BCUT2D eigenvalue weighted by molar-refractivity contribution is -0.137. The number of carbonyl (C=O) groups is 2. The molecule has 1 saturated carbocycles. The summed E-state index contributed by atoms with van der Waals surface area (Å²) >= 11 is 0. The lowest BCUT2D eigenvalue weighted by Gasteiger charge is -2.15. The molecule has 4 nitrogen and oxygen atoms in total. The third-order valence-corrected chi connectivity index (χ3v) is 4.99. The molecule has 1 rings (SSSR count). The van der Waals surface area contributed by atoms with Crippen LogP contribution in [0.25, 0.3) is 0 Å². The summed E-state index contributed by atoms with van der Waals surface area (Å²) in [5.41, 5.74) is 0. The van der Waals surface area contributed by atoms with Gasteiger partial charge in [-0.1, -0.05) is 57.6 Å². The number of aliphatic carboxylic acids is 1. The molecular formula is C20H34O4. The summed E-state index contributed by atoms with van der Waals surface area (Å²) in [4.78, 5) is 22.5. The number of allylic oxidation sites excluding steroid dienone is 1. The zero-order chi connectivity index (χ0) is 17.8. The Morgan fingerprint density at radius 1 is 1.21 bits per heavy atom. The van der Waals surface area contributed by atoms with Crippen molar-refractivity contribution in [1.29, 1.82) is 0 Å². The number of carboxylic acids is 1. The van der Waals surface area contributed by atoms with Crippen molar-refractivity contribution in [2.45, 2.75) is 90.1 Å². The number of carbonyl (C=O) groups excluding carboxylic acids is 1. The minimum Gasteiger partial charge on any atom is -0.481 e. The van der Waals surface area contributed by atoms with Gasteiger partial charge < -0.3 is 10.2 Å². The van der Waals surface area contributed by atoms with E-state index in [0.717, 1.165) is 64.2 Å². The van der Waals surface area contributed by atoms with Crippen LogP contribution in [0.1, 0.15) is 84.0 Å². The van der Waals surface area contributed by atoms with Crippen LogP contribution in [-0.2, 0) is 9.59 Å².